The van der Waals surface area contributed by atoms with E-state index in [1.807, 2.05) is 18.2 Å². The van der Waals surface area contributed by atoms with E-state index in [1.54, 1.807) is 4.90 Å². The second-order valence-electron chi connectivity index (χ2n) is 8.27. The van der Waals surface area contributed by atoms with Gasteiger partial charge < -0.3 is 15.5 Å². The molecule has 0 bridgehead atoms. The molecular formula is C22H28N4O3. The molecule has 0 aromatic heterocycles. The van der Waals surface area contributed by atoms with Crippen molar-refractivity contribution in [3.05, 3.63) is 47.5 Å². The number of carbonyl (C=O) groups is 3. The molecule has 0 radical (unpaired) electrons. The van der Waals surface area contributed by atoms with Gasteiger partial charge in [0, 0.05) is 30.6 Å². The molecule has 7 nitrogen and oxygen atoms in total. The number of rotatable bonds is 6. The van der Waals surface area contributed by atoms with Gasteiger partial charge in [0.2, 0.25) is 11.8 Å². The molecule has 2 fully saturated rings. The molecule has 1 aromatic rings. The summed E-state index contributed by atoms with van der Waals surface area (Å²) in [5, 5.41) is 9.45. The van der Waals surface area contributed by atoms with Gasteiger partial charge in [-0.15, -0.1) is 6.58 Å². The van der Waals surface area contributed by atoms with Crippen molar-refractivity contribution in [3.8, 4) is 0 Å². The van der Waals surface area contributed by atoms with Crippen LogP contribution >= 0.6 is 0 Å². The Bertz CT molecular complexity index is 844. The van der Waals surface area contributed by atoms with Crippen LogP contribution < -0.4 is 16.0 Å². The number of nitrogens with zero attached hydrogens (tertiary/aromatic N) is 1. The third kappa shape index (κ3) is 3.97. The summed E-state index contributed by atoms with van der Waals surface area (Å²) in [6.07, 6.45) is 5.64. The Morgan fingerprint density at radius 1 is 1.24 bits per heavy atom. The molecule has 1 unspecified atom stereocenters. The van der Waals surface area contributed by atoms with E-state index in [2.05, 4.69) is 28.6 Å². The summed E-state index contributed by atoms with van der Waals surface area (Å²) >= 11 is 0. The van der Waals surface area contributed by atoms with Gasteiger partial charge in [-0.05, 0) is 56.0 Å². The first-order valence-electron chi connectivity index (χ1n) is 10.3. The minimum atomic E-state index is -0.570. The van der Waals surface area contributed by atoms with Crippen molar-refractivity contribution in [2.45, 2.75) is 56.8 Å². The van der Waals surface area contributed by atoms with Gasteiger partial charge in [-0.3, -0.25) is 19.7 Å². The second-order valence-corrected chi connectivity index (χ2v) is 8.27. The van der Waals surface area contributed by atoms with Gasteiger partial charge in [0.25, 0.3) is 5.91 Å². The fourth-order valence-corrected chi connectivity index (χ4v) is 4.64. The second kappa shape index (κ2) is 8.08. The normalized spacial score (nSPS) is 23.7. The molecular weight excluding hydrogens is 368 g/mol. The van der Waals surface area contributed by atoms with Crippen molar-refractivity contribution < 1.29 is 14.4 Å². The molecule has 7 heteroatoms. The number of fused-ring (bicyclic) bond motifs is 1. The number of carbonyl (C=O) groups excluding carboxylic acids is 3. The summed E-state index contributed by atoms with van der Waals surface area (Å²) in [6.45, 7) is 7.00. The highest BCUT2D eigenvalue weighted by Crippen LogP contribution is 2.29. The van der Waals surface area contributed by atoms with E-state index < -0.39 is 6.04 Å². The molecule has 3 heterocycles. The van der Waals surface area contributed by atoms with Gasteiger partial charge in [-0.25, -0.2) is 0 Å². The van der Waals surface area contributed by atoms with Crippen molar-refractivity contribution >= 4 is 17.7 Å². The summed E-state index contributed by atoms with van der Waals surface area (Å²) in [6, 6.07) is 5.41. The minimum Gasteiger partial charge on any atom is -0.322 e. The number of hydrogen-bond acceptors (Lipinski definition) is 5. The summed E-state index contributed by atoms with van der Waals surface area (Å²) in [7, 11) is 0. The maximum atomic E-state index is 13.0. The number of piperidine rings is 2. The molecule has 0 spiro atoms. The maximum Gasteiger partial charge on any atom is 0.255 e. The highest BCUT2D eigenvalue weighted by atomic mass is 16.2. The molecule has 29 heavy (non-hydrogen) atoms. The summed E-state index contributed by atoms with van der Waals surface area (Å²) < 4.78 is 0. The molecule has 3 aliphatic rings. The molecule has 0 aliphatic carbocycles. The monoisotopic (exact) mass is 396 g/mol. The Labute approximate surface area is 170 Å². The predicted molar refractivity (Wildman–Crippen MR) is 109 cm³/mol. The van der Waals surface area contributed by atoms with E-state index in [4.69, 9.17) is 0 Å². The lowest BCUT2D eigenvalue weighted by Crippen LogP contribution is -2.52. The maximum absolute atomic E-state index is 13.0. The zero-order chi connectivity index (χ0) is 20.4. The fraction of sp³-hybridized carbons (Fsp3) is 0.500. The number of imide groups is 1. The first-order chi connectivity index (χ1) is 14.0. The smallest absolute Gasteiger partial charge is 0.255 e. The SMILES string of the molecule is C=CCC1(NCc2ccc3c(c2)C(=O)N(C2CCC(=O)NC2=O)C3)CCNCC1. The highest BCUT2D eigenvalue weighted by molar-refractivity contribution is 6.05. The first kappa shape index (κ1) is 19.8. The molecule has 4 rings (SSSR count). The van der Waals surface area contributed by atoms with Crippen LogP contribution in [-0.2, 0) is 22.7 Å². The Balaban J connectivity index is 1.46. The topological polar surface area (TPSA) is 90.5 Å². The lowest BCUT2D eigenvalue weighted by molar-refractivity contribution is -0.136. The largest absolute Gasteiger partial charge is 0.322 e. The third-order valence-electron chi connectivity index (χ3n) is 6.36. The van der Waals surface area contributed by atoms with Crippen LogP contribution in [0.3, 0.4) is 0 Å². The minimum absolute atomic E-state index is 0.0504. The zero-order valence-corrected chi connectivity index (χ0v) is 16.6. The highest BCUT2D eigenvalue weighted by Gasteiger charge is 2.39. The fourth-order valence-electron chi connectivity index (χ4n) is 4.64. The van der Waals surface area contributed by atoms with Gasteiger partial charge in [0.15, 0.2) is 0 Å². The number of benzene rings is 1. The Morgan fingerprint density at radius 3 is 2.76 bits per heavy atom. The molecule has 3 amide bonds. The average molecular weight is 396 g/mol. The van der Waals surface area contributed by atoms with Crippen molar-refractivity contribution in [1.29, 1.82) is 0 Å². The molecule has 3 N–H and O–H groups in total. The summed E-state index contributed by atoms with van der Waals surface area (Å²) in [5.41, 5.74) is 2.71. The summed E-state index contributed by atoms with van der Waals surface area (Å²) in [5.74, 6) is -0.768. The lowest BCUT2D eigenvalue weighted by atomic mass is 9.85. The van der Waals surface area contributed by atoms with E-state index in [-0.39, 0.29) is 29.7 Å². The van der Waals surface area contributed by atoms with E-state index in [1.165, 1.54) is 0 Å². The van der Waals surface area contributed by atoms with Crippen LogP contribution in [0.15, 0.2) is 30.9 Å². The Kier molecular flexibility index (Phi) is 5.52. The molecule has 3 aliphatic heterocycles. The molecule has 1 atom stereocenters. The Morgan fingerprint density at radius 2 is 2.03 bits per heavy atom. The van der Waals surface area contributed by atoms with Gasteiger partial charge in [-0.2, -0.15) is 0 Å². The molecule has 2 saturated heterocycles. The van der Waals surface area contributed by atoms with Crippen molar-refractivity contribution in [3.63, 3.8) is 0 Å². The lowest BCUT2D eigenvalue weighted by Gasteiger charge is -2.38. The standard InChI is InChI=1S/C22H28N4O3/c1-2-7-22(8-10-23-11-9-22)24-13-15-3-4-16-14-26(21(29)17(16)12-15)18-5-6-19(27)25-20(18)28/h2-4,12,18,23-24H,1,5-11,13-14H2,(H,25,27,28). The van der Waals surface area contributed by atoms with E-state index >= 15 is 0 Å². The van der Waals surface area contributed by atoms with Crippen LogP contribution in [0.25, 0.3) is 0 Å². The predicted octanol–water partition coefficient (Wildman–Crippen LogP) is 1.24. The zero-order valence-electron chi connectivity index (χ0n) is 16.6. The average Bonchev–Trinajstić information content (AvgIpc) is 3.03. The first-order valence-corrected chi connectivity index (χ1v) is 10.3. The van der Waals surface area contributed by atoms with Gasteiger partial charge in [-0.1, -0.05) is 18.2 Å². The van der Waals surface area contributed by atoms with Gasteiger partial charge >= 0.3 is 0 Å². The van der Waals surface area contributed by atoms with Crippen LogP contribution in [0.1, 0.15) is 53.6 Å². The van der Waals surface area contributed by atoms with Crippen molar-refractivity contribution in [2.24, 2.45) is 0 Å². The van der Waals surface area contributed by atoms with Gasteiger partial charge in [0.05, 0.1) is 0 Å². The van der Waals surface area contributed by atoms with Crippen LogP contribution in [0.5, 0.6) is 0 Å². The van der Waals surface area contributed by atoms with Crippen LogP contribution in [0, 0.1) is 0 Å². The number of hydrogen-bond donors (Lipinski definition) is 3. The third-order valence-corrected chi connectivity index (χ3v) is 6.36. The number of nitrogens with one attached hydrogen (secondary N) is 3. The Hall–Kier alpha value is -2.51. The summed E-state index contributed by atoms with van der Waals surface area (Å²) in [4.78, 5) is 38.1. The molecule has 154 valence electrons. The van der Waals surface area contributed by atoms with E-state index in [0.29, 0.717) is 25.1 Å². The molecule has 0 saturated carbocycles. The molecule has 1 aromatic carbocycles. The quantitative estimate of drug-likeness (QED) is 0.497. The van der Waals surface area contributed by atoms with Crippen LogP contribution in [0.2, 0.25) is 0 Å². The van der Waals surface area contributed by atoms with E-state index in [9.17, 15) is 14.4 Å². The van der Waals surface area contributed by atoms with Crippen LogP contribution in [0.4, 0.5) is 0 Å². The van der Waals surface area contributed by atoms with E-state index in [0.717, 1.165) is 43.5 Å². The van der Waals surface area contributed by atoms with Gasteiger partial charge in [0.1, 0.15) is 6.04 Å². The van der Waals surface area contributed by atoms with Crippen molar-refractivity contribution in [2.75, 3.05) is 13.1 Å². The number of amides is 3. The van der Waals surface area contributed by atoms with Crippen molar-refractivity contribution in [1.82, 2.24) is 20.9 Å². The van der Waals surface area contributed by atoms with Crippen LogP contribution in [-0.4, -0.2) is 47.3 Å².